The van der Waals surface area contributed by atoms with Gasteiger partial charge in [-0.05, 0) is 76.3 Å². The molecule has 0 fully saturated rings. The standard InChI is InChI=1S/C50H100N4O6Si2/c1-16-18-20-22-24-26-28-30-33-43(59-61(12,13)49(6,7)8)39-54(40-44(60-62(14,15)50(9,10)11)34-31-29-27-25-23-21-19-17-2)35-32-36-57-46(55)45(37-42-38-51-41-52-42)53-47(56)58-48(3,4)5/h38,41,43-45H,16-37,39-40H2,1-15H3,(H,51,52)(H,53,56)/t43?,44?,45-/m0/s1. The van der Waals surface area contributed by atoms with Gasteiger partial charge in [-0.1, -0.05) is 158 Å². The largest absolute Gasteiger partial charge is 0.464 e. The normalized spacial score (nSPS) is 14.5. The Balaban J connectivity index is 3.33. The van der Waals surface area contributed by atoms with Crippen LogP contribution in [-0.2, 0) is 29.5 Å². The van der Waals surface area contributed by atoms with Gasteiger partial charge < -0.3 is 28.6 Å². The van der Waals surface area contributed by atoms with Gasteiger partial charge in [0.15, 0.2) is 16.6 Å². The van der Waals surface area contributed by atoms with Crippen molar-refractivity contribution < 1.29 is 27.9 Å². The zero-order chi connectivity index (χ0) is 46.9. The third-order valence-electron chi connectivity index (χ3n) is 13.0. The second kappa shape index (κ2) is 29.7. The van der Waals surface area contributed by atoms with E-state index in [-0.39, 0.29) is 35.3 Å². The number of aromatic amines is 1. The van der Waals surface area contributed by atoms with E-state index < -0.39 is 40.3 Å². The Kier molecular flexibility index (Phi) is 27.9. The second-order valence-electron chi connectivity index (χ2n) is 22.3. The fourth-order valence-electron chi connectivity index (χ4n) is 7.23. The third-order valence-corrected chi connectivity index (χ3v) is 22.1. The first-order chi connectivity index (χ1) is 28.9. The van der Waals surface area contributed by atoms with Gasteiger partial charge in [-0.2, -0.15) is 0 Å². The molecule has 364 valence electrons. The lowest BCUT2D eigenvalue weighted by atomic mass is 10.0. The molecule has 3 atom stereocenters. The van der Waals surface area contributed by atoms with E-state index in [2.05, 4.69) is 102 Å². The van der Waals surface area contributed by atoms with Crippen LogP contribution in [0.3, 0.4) is 0 Å². The van der Waals surface area contributed by atoms with Gasteiger partial charge in [-0.15, -0.1) is 0 Å². The van der Waals surface area contributed by atoms with Gasteiger partial charge in [-0.25, -0.2) is 14.6 Å². The maximum Gasteiger partial charge on any atom is 0.408 e. The minimum absolute atomic E-state index is 0.105. The van der Waals surface area contributed by atoms with Crippen molar-refractivity contribution >= 4 is 28.7 Å². The highest BCUT2D eigenvalue weighted by Gasteiger charge is 2.41. The molecule has 0 bridgehead atoms. The number of amides is 1. The highest BCUT2D eigenvalue weighted by atomic mass is 28.4. The Hall–Kier alpha value is -1.74. The van der Waals surface area contributed by atoms with Crippen LogP contribution in [0.25, 0.3) is 0 Å². The van der Waals surface area contributed by atoms with E-state index in [1.807, 2.05) is 0 Å². The van der Waals surface area contributed by atoms with E-state index in [0.29, 0.717) is 6.42 Å². The Morgan fingerprint density at radius 2 is 1.11 bits per heavy atom. The van der Waals surface area contributed by atoms with Gasteiger partial charge in [0.25, 0.3) is 0 Å². The predicted octanol–water partition coefficient (Wildman–Crippen LogP) is 13.9. The number of carbonyl (C=O) groups is 2. The summed E-state index contributed by atoms with van der Waals surface area (Å²) in [5, 5.41) is 2.95. The number of aromatic nitrogens is 2. The van der Waals surface area contributed by atoms with Crippen LogP contribution in [0, 0.1) is 0 Å². The monoisotopic (exact) mass is 909 g/mol. The lowest BCUT2D eigenvalue weighted by Gasteiger charge is -2.42. The first kappa shape index (κ1) is 58.3. The molecule has 1 aromatic heterocycles. The molecule has 0 spiro atoms. The van der Waals surface area contributed by atoms with E-state index >= 15 is 0 Å². The van der Waals surface area contributed by atoms with Crippen LogP contribution < -0.4 is 5.32 Å². The van der Waals surface area contributed by atoms with Crippen LogP contribution in [0.15, 0.2) is 12.5 Å². The molecule has 0 aromatic carbocycles. The van der Waals surface area contributed by atoms with Crippen molar-refractivity contribution in [1.82, 2.24) is 20.2 Å². The van der Waals surface area contributed by atoms with Crippen LogP contribution in [0.4, 0.5) is 4.79 Å². The predicted molar refractivity (Wildman–Crippen MR) is 266 cm³/mol. The number of hydrogen-bond donors (Lipinski definition) is 2. The summed E-state index contributed by atoms with van der Waals surface area (Å²) in [6, 6.07) is -0.913. The number of esters is 1. The van der Waals surface area contributed by atoms with Crippen molar-refractivity contribution in [2.45, 2.75) is 265 Å². The van der Waals surface area contributed by atoms with Crippen molar-refractivity contribution in [1.29, 1.82) is 0 Å². The maximum atomic E-state index is 13.6. The number of H-pyrrole nitrogens is 1. The number of nitrogens with zero attached hydrogens (tertiary/aromatic N) is 2. The van der Waals surface area contributed by atoms with Crippen LogP contribution in [0.2, 0.25) is 36.3 Å². The summed E-state index contributed by atoms with van der Waals surface area (Å²) in [4.78, 5) is 36.1. The van der Waals surface area contributed by atoms with E-state index in [4.69, 9.17) is 18.3 Å². The molecule has 1 amide bonds. The first-order valence-corrected chi connectivity index (χ1v) is 30.9. The summed E-state index contributed by atoms with van der Waals surface area (Å²) >= 11 is 0. The lowest BCUT2D eigenvalue weighted by Crippen LogP contribution is -2.50. The summed E-state index contributed by atoms with van der Waals surface area (Å²) < 4.78 is 26.0. The van der Waals surface area contributed by atoms with Crippen molar-refractivity contribution in [3.05, 3.63) is 18.2 Å². The van der Waals surface area contributed by atoms with Crippen molar-refractivity contribution in [3.63, 3.8) is 0 Å². The molecule has 0 saturated carbocycles. The molecular weight excluding hydrogens is 809 g/mol. The van der Waals surface area contributed by atoms with Gasteiger partial charge in [0.2, 0.25) is 0 Å². The van der Waals surface area contributed by atoms with Crippen LogP contribution in [0.5, 0.6) is 0 Å². The summed E-state index contributed by atoms with van der Waals surface area (Å²) in [7, 11) is -4.13. The molecule has 1 heterocycles. The van der Waals surface area contributed by atoms with Crippen molar-refractivity contribution in [2.24, 2.45) is 0 Å². The molecule has 0 saturated heterocycles. The number of carbonyl (C=O) groups excluding carboxylic acids is 2. The zero-order valence-electron chi connectivity index (χ0n) is 43.2. The zero-order valence-corrected chi connectivity index (χ0v) is 45.2. The summed E-state index contributed by atoms with van der Waals surface area (Å²) in [5.41, 5.74) is 0.0271. The lowest BCUT2D eigenvalue weighted by molar-refractivity contribution is -0.146. The highest BCUT2D eigenvalue weighted by Crippen LogP contribution is 2.39. The quantitative estimate of drug-likeness (QED) is 0.0399. The number of ether oxygens (including phenoxy) is 2. The number of imidazole rings is 1. The van der Waals surface area contributed by atoms with Crippen molar-refractivity contribution in [2.75, 3.05) is 26.2 Å². The Morgan fingerprint density at radius 3 is 1.50 bits per heavy atom. The van der Waals surface area contributed by atoms with E-state index in [1.165, 1.54) is 103 Å². The molecule has 0 aliphatic carbocycles. The molecule has 0 aliphatic rings. The Morgan fingerprint density at radius 1 is 0.677 bits per heavy atom. The van der Waals surface area contributed by atoms with Gasteiger partial charge >= 0.3 is 12.1 Å². The summed E-state index contributed by atoms with van der Waals surface area (Å²) in [6.45, 7) is 36.2. The molecule has 2 N–H and O–H groups in total. The average molecular weight is 910 g/mol. The number of nitrogens with one attached hydrogen (secondary N) is 2. The molecule has 1 aromatic rings. The SMILES string of the molecule is CCCCCCCCCCC(CN(CCCOC(=O)[C@H](Cc1cnc[nH]1)NC(=O)OC(C)(C)C)CC(CCCCCCCCCC)O[Si](C)(C)C(C)(C)C)O[Si](C)(C)C(C)(C)C. The molecule has 2 unspecified atom stereocenters. The van der Waals surface area contributed by atoms with Crippen LogP contribution in [-0.4, -0.2) is 93.7 Å². The fourth-order valence-corrected chi connectivity index (χ4v) is 9.99. The molecule has 12 heteroatoms. The minimum Gasteiger partial charge on any atom is -0.464 e. The molecule has 62 heavy (non-hydrogen) atoms. The third kappa shape index (κ3) is 26.3. The van der Waals surface area contributed by atoms with E-state index in [1.54, 1.807) is 33.3 Å². The van der Waals surface area contributed by atoms with Gasteiger partial charge in [-0.3, -0.25) is 4.90 Å². The topological polar surface area (TPSA) is 115 Å². The maximum absolute atomic E-state index is 13.6. The van der Waals surface area contributed by atoms with Crippen molar-refractivity contribution in [3.8, 4) is 0 Å². The summed E-state index contributed by atoms with van der Waals surface area (Å²) in [6.07, 6.45) is 26.4. The molecule has 0 radical (unpaired) electrons. The minimum atomic E-state index is -2.06. The highest BCUT2D eigenvalue weighted by molar-refractivity contribution is 6.74. The van der Waals surface area contributed by atoms with E-state index in [9.17, 15) is 9.59 Å². The Labute approximate surface area is 384 Å². The average Bonchev–Trinajstić information content (AvgIpc) is 3.66. The number of alkyl carbamates (subject to hydrolysis) is 1. The van der Waals surface area contributed by atoms with Gasteiger partial charge in [0, 0.05) is 37.9 Å². The van der Waals surface area contributed by atoms with Crippen LogP contribution in [0.1, 0.15) is 204 Å². The number of hydrogen-bond acceptors (Lipinski definition) is 8. The molecular formula is C50H100N4O6Si2. The first-order valence-electron chi connectivity index (χ1n) is 25.1. The van der Waals surface area contributed by atoms with Gasteiger partial charge in [0.1, 0.15) is 11.6 Å². The Bertz CT molecular complexity index is 1250. The number of rotatable bonds is 34. The molecule has 1 rings (SSSR count). The smallest absolute Gasteiger partial charge is 0.408 e. The molecule has 0 aliphatic heterocycles. The molecule has 10 nitrogen and oxygen atoms in total. The number of unbranched alkanes of at least 4 members (excludes halogenated alkanes) is 14. The fraction of sp³-hybridized carbons (Fsp3) is 0.900. The van der Waals surface area contributed by atoms with E-state index in [0.717, 1.165) is 38.2 Å². The van der Waals surface area contributed by atoms with Gasteiger partial charge in [0.05, 0.1) is 25.1 Å². The second-order valence-corrected chi connectivity index (χ2v) is 31.8. The summed E-state index contributed by atoms with van der Waals surface area (Å²) in [5.74, 6) is -0.486. The van der Waals surface area contributed by atoms with Crippen LogP contribution >= 0.6 is 0 Å².